The second-order valence-corrected chi connectivity index (χ2v) is 8.65. The summed E-state index contributed by atoms with van der Waals surface area (Å²) in [5.41, 5.74) is 7.49. The number of rotatable bonds is 12. The van der Waals surface area contributed by atoms with Crippen molar-refractivity contribution in [2.75, 3.05) is 5.32 Å². The number of benzene rings is 1. The number of aryl methyl sites for hydroxylation is 1. The van der Waals surface area contributed by atoms with Gasteiger partial charge < -0.3 is 20.8 Å². The molecule has 8 heteroatoms. The molecule has 0 aliphatic rings. The molecule has 0 saturated carbocycles. The smallest absolute Gasteiger partial charge is 0.238 e. The van der Waals surface area contributed by atoms with Gasteiger partial charge in [0.25, 0.3) is 0 Å². The van der Waals surface area contributed by atoms with Crippen molar-refractivity contribution in [1.29, 1.82) is 0 Å². The summed E-state index contributed by atoms with van der Waals surface area (Å²) in [6.45, 7) is 3.52. The van der Waals surface area contributed by atoms with Gasteiger partial charge in [-0.05, 0) is 30.5 Å². The maximum absolute atomic E-state index is 12.1. The number of hydrogen-bond donors (Lipinski definition) is 4. The predicted molar refractivity (Wildman–Crippen MR) is 106 cm³/mol. The van der Waals surface area contributed by atoms with Crippen LogP contribution in [0.25, 0.3) is 0 Å². The summed E-state index contributed by atoms with van der Waals surface area (Å²) in [4.78, 5) is 30.3. The van der Waals surface area contributed by atoms with Crippen molar-refractivity contribution in [2.45, 2.75) is 71.3 Å². The van der Waals surface area contributed by atoms with E-state index < -0.39 is 19.5 Å². The Balaban J connectivity index is 0.00000676. The van der Waals surface area contributed by atoms with E-state index in [0.717, 1.165) is 18.4 Å². The minimum absolute atomic E-state index is 0. The Kier molecular flexibility index (Phi) is 13.9. The van der Waals surface area contributed by atoms with Gasteiger partial charge in [0.15, 0.2) is 7.60 Å². The Hall–Kier alpha value is -0.0961. The quantitative estimate of drug-likeness (QED) is 0.209. The number of anilines is 1. The maximum Gasteiger partial charge on any atom is 0.238 e. The first-order valence-electron chi connectivity index (χ1n) is 9.28. The molecule has 0 aliphatic carbocycles. The molecule has 1 atom stereocenters. The first kappa shape index (κ1) is 26.9. The van der Waals surface area contributed by atoms with Crippen molar-refractivity contribution >= 4 is 19.2 Å². The number of hydrogen-bond acceptors (Lipinski definition) is 3. The second-order valence-electron chi connectivity index (χ2n) is 6.80. The summed E-state index contributed by atoms with van der Waals surface area (Å²) in [6.07, 6.45) is 8.23. The van der Waals surface area contributed by atoms with Gasteiger partial charge in [-0.3, -0.25) is 9.36 Å². The number of unbranched alkanes of at least 4 members (excludes halogenated alkanes) is 5. The second kappa shape index (κ2) is 14.0. The van der Waals surface area contributed by atoms with Crippen molar-refractivity contribution in [2.24, 2.45) is 5.73 Å². The molecular formula is C19H32N2O4PY-. The molecule has 6 nitrogen and oxygen atoms in total. The van der Waals surface area contributed by atoms with Crippen molar-refractivity contribution in [3.8, 4) is 0 Å². The van der Waals surface area contributed by atoms with Crippen LogP contribution in [0.3, 0.4) is 0 Å². The largest absolute Gasteiger partial charge is 0.347 e. The molecule has 0 spiro atoms. The standard InChI is InChI=1S/C19H32N2O4P.Y/c1-3-4-5-6-7-8-10-16-11-9-12-17(14-16)21-19(22)18(20)13-15(2)26(23,24)25;/h9,11-12,14,18H,3-8,10,13,20H2,1-2H3,(H,21,22)(H2,23,24,25);/q-1;/t18-;/m1./s1. The molecule has 0 unspecified atom stereocenters. The SMILES string of the molecule is CCCCCCCCc1cccc(NC(=O)[C@H](N)C[C-](C)P(=O)(O)O)c1.[Y]. The average molecular weight is 472 g/mol. The number of carbonyl (C=O) groups excluding carboxylic acids is 1. The Morgan fingerprint density at radius 1 is 1.22 bits per heavy atom. The first-order chi connectivity index (χ1) is 12.2. The number of nitrogens with one attached hydrogen (secondary N) is 1. The van der Waals surface area contributed by atoms with Gasteiger partial charge in [0.1, 0.15) is 0 Å². The molecule has 0 saturated heterocycles. The van der Waals surface area contributed by atoms with Gasteiger partial charge in [-0.2, -0.15) is 12.6 Å². The Morgan fingerprint density at radius 2 is 1.85 bits per heavy atom. The van der Waals surface area contributed by atoms with E-state index in [4.69, 9.17) is 15.5 Å². The zero-order valence-corrected chi connectivity index (χ0v) is 20.1. The third-order valence-corrected chi connectivity index (χ3v) is 5.54. The van der Waals surface area contributed by atoms with E-state index in [-0.39, 0.29) is 44.8 Å². The molecule has 1 rings (SSSR count). The number of amides is 1. The van der Waals surface area contributed by atoms with Crippen LogP contribution in [-0.2, 0) is 48.5 Å². The minimum atomic E-state index is -4.31. The summed E-state index contributed by atoms with van der Waals surface area (Å²) >= 11 is 0. The molecule has 151 valence electrons. The zero-order chi connectivity index (χ0) is 19.6. The van der Waals surface area contributed by atoms with Gasteiger partial charge in [0.2, 0.25) is 5.91 Å². The van der Waals surface area contributed by atoms with Crippen LogP contribution >= 0.6 is 7.60 Å². The van der Waals surface area contributed by atoms with Crippen LogP contribution in [0, 0.1) is 5.66 Å². The van der Waals surface area contributed by atoms with Crippen LogP contribution in [0.1, 0.15) is 64.4 Å². The predicted octanol–water partition coefficient (Wildman–Crippen LogP) is 3.97. The normalized spacial score (nSPS) is 12.5. The van der Waals surface area contributed by atoms with Crippen LogP contribution < -0.4 is 11.1 Å². The van der Waals surface area contributed by atoms with Crippen LogP contribution in [0.4, 0.5) is 5.69 Å². The molecule has 0 aliphatic heterocycles. The third kappa shape index (κ3) is 11.5. The van der Waals surface area contributed by atoms with Crippen molar-refractivity contribution < 1.29 is 51.9 Å². The molecule has 1 aromatic rings. The summed E-state index contributed by atoms with van der Waals surface area (Å²) in [7, 11) is -4.31. The Bertz CT molecular complexity index is 609. The molecule has 0 bridgehead atoms. The van der Waals surface area contributed by atoms with Gasteiger partial charge in [-0.15, -0.1) is 6.42 Å². The van der Waals surface area contributed by atoms with Gasteiger partial charge >= 0.3 is 0 Å². The topological polar surface area (TPSA) is 113 Å². The molecule has 1 aromatic carbocycles. The van der Waals surface area contributed by atoms with Gasteiger partial charge in [0.05, 0.1) is 6.04 Å². The number of nitrogens with two attached hydrogens (primary N) is 1. The van der Waals surface area contributed by atoms with Crippen molar-refractivity contribution in [3.05, 3.63) is 35.5 Å². The van der Waals surface area contributed by atoms with E-state index in [9.17, 15) is 9.36 Å². The van der Waals surface area contributed by atoms with E-state index >= 15 is 0 Å². The Labute approximate surface area is 188 Å². The maximum atomic E-state index is 12.1. The van der Waals surface area contributed by atoms with Gasteiger partial charge in [-0.25, -0.2) is 0 Å². The van der Waals surface area contributed by atoms with Crippen LogP contribution in [-0.4, -0.2) is 21.7 Å². The van der Waals surface area contributed by atoms with Gasteiger partial charge in [0, 0.05) is 38.4 Å². The fraction of sp³-hybridized carbons (Fsp3) is 0.579. The molecule has 0 aromatic heterocycles. The molecule has 0 fully saturated rings. The molecule has 1 amide bonds. The summed E-state index contributed by atoms with van der Waals surface area (Å²) in [5, 5.41) is 2.73. The van der Waals surface area contributed by atoms with E-state index in [2.05, 4.69) is 12.2 Å². The first-order valence-corrected chi connectivity index (χ1v) is 10.9. The fourth-order valence-corrected chi connectivity index (χ4v) is 3.11. The number of carbonyl (C=O) groups is 1. The van der Waals surface area contributed by atoms with E-state index in [1.807, 2.05) is 18.2 Å². The van der Waals surface area contributed by atoms with Crippen LogP contribution in [0.5, 0.6) is 0 Å². The molecule has 27 heavy (non-hydrogen) atoms. The molecule has 1 radical (unpaired) electrons. The van der Waals surface area contributed by atoms with Crippen molar-refractivity contribution in [3.63, 3.8) is 0 Å². The molecule has 0 heterocycles. The monoisotopic (exact) mass is 472 g/mol. The van der Waals surface area contributed by atoms with E-state index in [1.165, 1.54) is 39.0 Å². The van der Waals surface area contributed by atoms with E-state index in [0.29, 0.717) is 5.69 Å². The third-order valence-electron chi connectivity index (χ3n) is 4.36. The van der Waals surface area contributed by atoms with E-state index in [1.54, 1.807) is 6.07 Å². The van der Waals surface area contributed by atoms with Crippen molar-refractivity contribution in [1.82, 2.24) is 0 Å². The Morgan fingerprint density at radius 3 is 2.48 bits per heavy atom. The molecular weight excluding hydrogens is 440 g/mol. The summed E-state index contributed by atoms with van der Waals surface area (Å²) in [5.74, 6) is -0.450. The van der Waals surface area contributed by atoms with Crippen LogP contribution in [0.15, 0.2) is 24.3 Å². The average Bonchev–Trinajstić information content (AvgIpc) is 2.57. The molecule has 5 N–H and O–H groups in total. The van der Waals surface area contributed by atoms with Crippen LogP contribution in [0.2, 0.25) is 0 Å². The van der Waals surface area contributed by atoms with Gasteiger partial charge in [-0.1, -0.05) is 51.2 Å². The minimum Gasteiger partial charge on any atom is -0.347 e. The summed E-state index contributed by atoms with van der Waals surface area (Å²) in [6, 6.07) is 6.64. The summed E-state index contributed by atoms with van der Waals surface area (Å²) < 4.78 is 11.1. The zero-order valence-electron chi connectivity index (χ0n) is 16.4. The fourth-order valence-electron chi connectivity index (χ4n) is 2.68.